The van der Waals surface area contributed by atoms with E-state index in [4.69, 9.17) is 0 Å². The van der Waals surface area contributed by atoms with Crippen LogP contribution in [0, 0.1) is 16.0 Å². The van der Waals surface area contributed by atoms with Crippen LogP contribution in [-0.2, 0) is 0 Å². The molecule has 1 aliphatic rings. The Kier molecular flexibility index (Phi) is 4.34. The second-order valence-electron chi connectivity index (χ2n) is 5.42. The number of anilines is 1. The zero-order chi connectivity index (χ0) is 14.7. The third-order valence-corrected chi connectivity index (χ3v) is 3.78. The van der Waals surface area contributed by atoms with Crippen molar-refractivity contribution in [1.29, 1.82) is 0 Å². The second-order valence-corrected chi connectivity index (χ2v) is 5.42. The molecule has 0 saturated carbocycles. The van der Waals surface area contributed by atoms with Crippen LogP contribution in [0.4, 0.5) is 11.4 Å². The standard InChI is InChI=1S/C14H19N3O3/c1-15-6-5-11(8-15)9-16(2)14-4-3-13(17(19)20)7-12(14)10-18/h3-4,7,10-11H,5-6,8-9H2,1-2H3. The molecular formula is C14H19N3O3. The minimum atomic E-state index is -0.483. The third-order valence-electron chi connectivity index (χ3n) is 3.78. The Balaban J connectivity index is 2.14. The number of rotatable bonds is 5. The number of nitro groups is 1. The highest BCUT2D eigenvalue weighted by Crippen LogP contribution is 2.25. The molecule has 0 aliphatic carbocycles. The van der Waals surface area contributed by atoms with Gasteiger partial charge in [-0.05, 0) is 32.0 Å². The lowest BCUT2D eigenvalue weighted by Crippen LogP contribution is -2.27. The van der Waals surface area contributed by atoms with Gasteiger partial charge in [-0.25, -0.2) is 0 Å². The Labute approximate surface area is 118 Å². The van der Waals surface area contributed by atoms with Crippen LogP contribution in [0.3, 0.4) is 0 Å². The maximum Gasteiger partial charge on any atom is 0.270 e. The maximum absolute atomic E-state index is 11.1. The van der Waals surface area contributed by atoms with Crippen molar-refractivity contribution in [2.45, 2.75) is 6.42 Å². The number of nitrogens with zero attached hydrogens (tertiary/aromatic N) is 3. The smallest absolute Gasteiger partial charge is 0.270 e. The van der Waals surface area contributed by atoms with Crippen LogP contribution in [-0.4, -0.2) is 49.8 Å². The van der Waals surface area contributed by atoms with Crippen molar-refractivity contribution in [2.24, 2.45) is 5.92 Å². The fraction of sp³-hybridized carbons (Fsp3) is 0.500. The Morgan fingerprint density at radius 3 is 2.85 bits per heavy atom. The molecule has 1 unspecified atom stereocenters. The zero-order valence-electron chi connectivity index (χ0n) is 11.8. The molecule has 1 aromatic rings. The van der Waals surface area contributed by atoms with E-state index in [2.05, 4.69) is 11.9 Å². The van der Waals surface area contributed by atoms with Gasteiger partial charge >= 0.3 is 0 Å². The minimum Gasteiger partial charge on any atom is -0.374 e. The van der Waals surface area contributed by atoms with E-state index >= 15 is 0 Å². The molecule has 0 amide bonds. The lowest BCUT2D eigenvalue weighted by Gasteiger charge is -2.24. The van der Waals surface area contributed by atoms with E-state index < -0.39 is 4.92 Å². The molecule has 0 spiro atoms. The van der Waals surface area contributed by atoms with Gasteiger partial charge in [0.05, 0.1) is 4.92 Å². The fourth-order valence-corrected chi connectivity index (χ4v) is 2.76. The average molecular weight is 277 g/mol. The zero-order valence-corrected chi connectivity index (χ0v) is 11.8. The van der Waals surface area contributed by atoms with Gasteiger partial charge in [0.1, 0.15) is 0 Å². The van der Waals surface area contributed by atoms with E-state index in [1.165, 1.54) is 12.1 Å². The monoisotopic (exact) mass is 277 g/mol. The molecule has 6 heteroatoms. The fourth-order valence-electron chi connectivity index (χ4n) is 2.76. The quantitative estimate of drug-likeness (QED) is 0.466. The van der Waals surface area contributed by atoms with E-state index in [9.17, 15) is 14.9 Å². The van der Waals surface area contributed by atoms with Gasteiger partial charge in [0.2, 0.25) is 0 Å². The number of hydrogen-bond acceptors (Lipinski definition) is 5. The Morgan fingerprint density at radius 1 is 1.55 bits per heavy atom. The van der Waals surface area contributed by atoms with Crippen LogP contribution >= 0.6 is 0 Å². The lowest BCUT2D eigenvalue weighted by atomic mass is 10.1. The number of aldehydes is 1. The first-order valence-electron chi connectivity index (χ1n) is 6.64. The summed E-state index contributed by atoms with van der Waals surface area (Å²) in [5, 5.41) is 10.7. The van der Waals surface area contributed by atoms with Gasteiger partial charge in [0.15, 0.2) is 6.29 Å². The highest BCUT2D eigenvalue weighted by atomic mass is 16.6. The van der Waals surface area contributed by atoms with Crippen LogP contribution < -0.4 is 4.90 Å². The summed E-state index contributed by atoms with van der Waals surface area (Å²) in [6.07, 6.45) is 1.82. The molecular weight excluding hydrogens is 258 g/mol. The van der Waals surface area contributed by atoms with E-state index in [0.29, 0.717) is 17.8 Å². The molecule has 108 valence electrons. The van der Waals surface area contributed by atoms with Gasteiger partial charge in [-0.2, -0.15) is 0 Å². The van der Waals surface area contributed by atoms with Crippen molar-refractivity contribution in [1.82, 2.24) is 4.90 Å². The lowest BCUT2D eigenvalue weighted by molar-refractivity contribution is -0.384. The molecule has 1 aliphatic heterocycles. The molecule has 20 heavy (non-hydrogen) atoms. The van der Waals surface area contributed by atoms with E-state index in [-0.39, 0.29) is 5.69 Å². The molecule has 0 radical (unpaired) electrons. The van der Waals surface area contributed by atoms with Gasteiger partial charge in [-0.15, -0.1) is 0 Å². The van der Waals surface area contributed by atoms with Crippen molar-refractivity contribution >= 4 is 17.7 Å². The van der Waals surface area contributed by atoms with Gasteiger partial charge in [0.25, 0.3) is 5.69 Å². The molecule has 1 heterocycles. The summed E-state index contributed by atoms with van der Waals surface area (Å²) >= 11 is 0. The number of carbonyl (C=O) groups excluding carboxylic acids is 1. The van der Waals surface area contributed by atoms with Crippen LogP contribution in [0.2, 0.25) is 0 Å². The highest BCUT2D eigenvalue weighted by Gasteiger charge is 2.22. The number of nitro benzene ring substituents is 1. The largest absolute Gasteiger partial charge is 0.374 e. The summed E-state index contributed by atoms with van der Waals surface area (Å²) < 4.78 is 0. The Hall–Kier alpha value is -1.95. The van der Waals surface area contributed by atoms with E-state index in [1.54, 1.807) is 6.07 Å². The summed E-state index contributed by atoms with van der Waals surface area (Å²) in [6.45, 7) is 3.00. The molecule has 0 N–H and O–H groups in total. The van der Waals surface area contributed by atoms with E-state index in [1.807, 2.05) is 11.9 Å². The van der Waals surface area contributed by atoms with Crippen molar-refractivity contribution in [3.8, 4) is 0 Å². The molecule has 6 nitrogen and oxygen atoms in total. The number of likely N-dealkylation sites (tertiary alicyclic amines) is 1. The second kappa shape index (κ2) is 6.00. The summed E-state index contributed by atoms with van der Waals surface area (Å²) in [6, 6.07) is 4.43. The van der Waals surface area contributed by atoms with Crippen LogP contribution in [0.25, 0.3) is 0 Å². The summed E-state index contributed by atoms with van der Waals surface area (Å²) in [5.74, 6) is 0.569. The molecule has 0 aromatic heterocycles. The summed E-state index contributed by atoms with van der Waals surface area (Å²) in [7, 11) is 4.02. The number of benzene rings is 1. The Morgan fingerprint density at radius 2 is 2.30 bits per heavy atom. The first-order chi connectivity index (χ1) is 9.51. The Bertz CT molecular complexity index is 518. The first kappa shape index (κ1) is 14.5. The SMILES string of the molecule is CN1CCC(CN(C)c2ccc([N+](=O)[O-])cc2C=O)C1. The van der Waals surface area contributed by atoms with Gasteiger partial charge in [-0.1, -0.05) is 0 Å². The third kappa shape index (κ3) is 3.14. The summed E-state index contributed by atoms with van der Waals surface area (Å²) in [4.78, 5) is 25.7. The van der Waals surface area contributed by atoms with Crippen molar-refractivity contribution in [3.63, 3.8) is 0 Å². The molecule has 1 atom stereocenters. The van der Waals surface area contributed by atoms with E-state index in [0.717, 1.165) is 31.7 Å². The van der Waals surface area contributed by atoms with Crippen molar-refractivity contribution in [2.75, 3.05) is 38.6 Å². The summed E-state index contributed by atoms with van der Waals surface area (Å²) in [5.41, 5.74) is 1.07. The minimum absolute atomic E-state index is 0.0511. The van der Waals surface area contributed by atoms with Crippen molar-refractivity contribution in [3.05, 3.63) is 33.9 Å². The molecule has 1 aromatic carbocycles. The number of carbonyl (C=O) groups is 1. The van der Waals surface area contributed by atoms with Crippen molar-refractivity contribution < 1.29 is 9.72 Å². The highest BCUT2D eigenvalue weighted by molar-refractivity contribution is 5.85. The maximum atomic E-state index is 11.1. The van der Waals surface area contributed by atoms with Gasteiger partial charge in [0, 0.05) is 43.5 Å². The first-order valence-corrected chi connectivity index (χ1v) is 6.64. The number of hydrogen-bond donors (Lipinski definition) is 0. The van der Waals surface area contributed by atoms with Crippen LogP contribution in [0.5, 0.6) is 0 Å². The molecule has 1 fully saturated rings. The topological polar surface area (TPSA) is 66.7 Å². The normalized spacial score (nSPS) is 19.0. The molecule has 0 bridgehead atoms. The predicted octanol–water partition coefficient (Wildman–Crippen LogP) is 1.80. The average Bonchev–Trinajstić information content (AvgIpc) is 2.83. The van der Waals surface area contributed by atoms with Crippen LogP contribution in [0.15, 0.2) is 18.2 Å². The molecule has 2 rings (SSSR count). The van der Waals surface area contributed by atoms with Gasteiger partial charge < -0.3 is 9.80 Å². The molecule has 1 saturated heterocycles. The number of non-ortho nitro benzene ring substituents is 1. The van der Waals surface area contributed by atoms with Gasteiger partial charge in [-0.3, -0.25) is 14.9 Å². The predicted molar refractivity (Wildman–Crippen MR) is 77.4 cm³/mol. The van der Waals surface area contributed by atoms with Crippen LogP contribution in [0.1, 0.15) is 16.8 Å².